The van der Waals surface area contributed by atoms with E-state index < -0.39 is 6.67 Å². The predicted octanol–water partition coefficient (Wildman–Crippen LogP) is 1.61. The monoisotopic (exact) mass is 134 g/mol. The van der Waals surface area contributed by atoms with Gasteiger partial charge in [-0.25, -0.2) is 0 Å². The minimum Gasteiger partial charge on any atom is -0.396 e. The Kier molecular flexibility index (Phi) is 4.68. The van der Waals surface area contributed by atoms with Crippen molar-refractivity contribution in [2.24, 2.45) is 11.8 Å². The van der Waals surface area contributed by atoms with E-state index in [9.17, 15) is 4.39 Å². The molecule has 0 aliphatic heterocycles. The molecule has 0 aliphatic carbocycles. The lowest BCUT2D eigenvalue weighted by Crippen LogP contribution is -2.10. The molecule has 0 aromatic rings. The Balaban J connectivity index is 3.31. The van der Waals surface area contributed by atoms with Crippen LogP contribution in [0.3, 0.4) is 0 Å². The van der Waals surface area contributed by atoms with Gasteiger partial charge >= 0.3 is 0 Å². The number of rotatable bonds is 4. The third-order valence-corrected chi connectivity index (χ3v) is 1.28. The maximum Gasteiger partial charge on any atom is 0.0944 e. The van der Waals surface area contributed by atoms with E-state index in [0.717, 1.165) is 6.42 Å². The van der Waals surface area contributed by atoms with Crippen LogP contribution in [0, 0.1) is 11.8 Å². The molecule has 0 aromatic heterocycles. The van der Waals surface area contributed by atoms with Gasteiger partial charge in [0.15, 0.2) is 0 Å². The molecule has 0 bridgehead atoms. The summed E-state index contributed by atoms with van der Waals surface area (Å²) in [5, 5.41) is 8.53. The maximum absolute atomic E-state index is 11.9. The first kappa shape index (κ1) is 8.89. The Bertz CT molecular complexity index is 59.9. The molecule has 1 N–H and O–H groups in total. The zero-order valence-electron chi connectivity index (χ0n) is 6.10. The summed E-state index contributed by atoms with van der Waals surface area (Å²) in [7, 11) is 0. The van der Waals surface area contributed by atoms with Crippen LogP contribution in [0.2, 0.25) is 0 Å². The number of halogens is 1. The Hall–Kier alpha value is -0.110. The number of aliphatic hydroxyl groups excluding tert-OH is 1. The van der Waals surface area contributed by atoms with Crippen molar-refractivity contribution in [3.8, 4) is 0 Å². The second kappa shape index (κ2) is 4.74. The first-order chi connectivity index (χ1) is 4.20. The number of aliphatic hydroxyl groups is 1. The molecule has 0 radical (unpaired) electrons. The normalized spacial score (nSPS) is 14.3. The van der Waals surface area contributed by atoms with Crippen LogP contribution in [-0.2, 0) is 0 Å². The molecule has 0 saturated heterocycles. The molecule has 1 unspecified atom stereocenters. The van der Waals surface area contributed by atoms with Crippen LogP contribution in [-0.4, -0.2) is 18.4 Å². The van der Waals surface area contributed by atoms with Crippen molar-refractivity contribution < 1.29 is 9.50 Å². The molecule has 0 heterocycles. The number of alkyl halides is 1. The van der Waals surface area contributed by atoms with Gasteiger partial charge in [0.1, 0.15) is 0 Å². The molecule has 0 aromatic carbocycles. The topological polar surface area (TPSA) is 20.2 Å². The predicted molar refractivity (Wildman–Crippen MR) is 36.0 cm³/mol. The van der Waals surface area contributed by atoms with Crippen molar-refractivity contribution in [2.75, 3.05) is 13.3 Å². The first-order valence-corrected chi connectivity index (χ1v) is 3.37. The molecular formula is C7H15FO. The fraction of sp³-hybridized carbons (Fsp3) is 1.00. The van der Waals surface area contributed by atoms with Crippen LogP contribution < -0.4 is 0 Å². The van der Waals surface area contributed by atoms with E-state index in [1.54, 1.807) is 0 Å². The van der Waals surface area contributed by atoms with Crippen molar-refractivity contribution in [3.63, 3.8) is 0 Å². The van der Waals surface area contributed by atoms with Crippen molar-refractivity contribution in [1.82, 2.24) is 0 Å². The molecule has 1 nitrogen and oxygen atoms in total. The molecule has 0 amide bonds. The third kappa shape index (κ3) is 4.40. The lowest BCUT2D eigenvalue weighted by Gasteiger charge is -2.11. The zero-order chi connectivity index (χ0) is 7.28. The summed E-state index contributed by atoms with van der Waals surface area (Å²) < 4.78 is 11.9. The molecule has 0 fully saturated rings. The van der Waals surface area contributed by atoms with Gasteiger partial charge in [0.25, 0.3) is 0 Å². The van der Waals surface area contributed by atoms with E-state index in [4.69, 9.17) is 5.11 Å². The lowest BCUT2D eigenvalue weighted by molar-refractivity contribution is 0.177. The second-order valence-electron chi connectivity index (χ2n) is 2.83. The smallest absolute Gasteiger partial charge is 0.0944 e. The van der Waals surface area contributed by atoms with Gasteiger partial charge in [0.2, 0.25) is 0 Å². The van der Waals surface area contributed by atoms with Crippen LogP contribution in [0.25, 0.3) is 0 Å². The minimum atomic E-state index is -0.394. The standard InChI is InChI=1S/C7H15FO/c1-6(2)3-7(4-8)5-9/h6-7,9H,3-5H2,1-2H3. The van der Waals surface area contributed by atoms with E-state index in [2.05, 4.69) is 0 Å². The van der Waals surface area contributed by atoms with Crippen molar-refractivity contribution >= 4 is 0 Å². The van der Waals surface area contributed by atoms with Crippen LogP contribution in [0.4, 0.5) is 4.39 Å². The van der Waals surface area contributed by atoms with E-state index in [1.807, 2.05) is 13.8 Å². The minimum absolute atomic E-state index is 0.0192. The van der Waals surface area contributed by atoms with Gasteiger partial charge in [-0.15, -0.1) is 0 Å². The van der Waals surface area contributed by atoms with Crippen molar-refractivity contribution in [3.05, 3.63) is 0 Å². The van der Waals surface area contributed by atoms with Gasteiger partial charge in [0, 0.05) is 12.5 Å². The molecule has 0 aliphatic rings. The Morgan fingerprint density at radius 1 is 1.44 bits per heavy atom. The summed E-state index contributed by atoms with van der Waals surface area (Å²) in [6, 6.07) is 0. The fourth-order valence-corrected chi connectivity index (χ4v) is 0.853. The van der Waals surface area contributed by atoms with E-state index in [0.29, 0.717) is 5.92 Å². The summed E-state index contributed by atoms with van der Waals surface area (Å²) in [6.07, 6.45) is 0.785. The molecule has 1 atom stereocenters. The van der Waals surface area contributed by atoms with E-state index >= 15 is 0 Å². The quantitative estimate of drug-likeness (QED) is 0.619. The van der Waals surface area contributed by atoms with Crippen LogP contribution in [0.5, 0.6) is 0 Å². The number of hydrogen-bond acceptors (Lipinski definition) is 1. The van der Waals surface area contributed by atoms with Crippen molar-refractivity contribution in [1.29, 1.82) is 0 Å². The highest BCUT2D eigenvalue weighted by atomic mass is 19.1. The fourth-order valence-electron chi connectivity index (χ4n) is 0.853. The largest absolute Gasteiger partial charge is 0.396 e. The van der Waals surface area contributed by atoms with Crippen LogP contribution in [0.1, 0.15) is 20.3 Å². The molecule has 0 rings (SSSR count). The second-order valence-corrected chi connectivity index (χ2v) is 2.83. The highest BCUT2D eigenvalue weighted by Crippen LogP contribution is 2.10. The molecule has 0 spiro atoms. The van der Waals surface area contributed by atoms with Crippen LogP contribution >= 0.6 is 0 Å². The van der Waals surface area contributed by atoms with Gasteiger partial charge in [-0.2, -0.15) is 0 Å². The van der Waals surface area contributed by atoms with Gasteiger partial charge < -0.3 is 5.11 Å². The maximum atomic E-state index is 11.9. The average Bonchev–Trinajstić information content (AvgIpc) is 1.82. The van der Waals surface area contributed by atoms with Crippen LogP contribution in [0.15, 0.2) is 0 Å². The average molecular weight is 134 g/mol. The summed E-state index contributed by atoms with van der Waals surface area (Å²) in [5.74, 6) is 0.350. The Morgan fingerprint density at radius 3 is 2.11 bits per heavy atom. The SMILES string of the molecule is CC(C)CC(CO)CF. The van der Waals surface area contributed by atoms with E-state index in [-0.39, 0.29) is 12.5 Å². The van der Waals surface area contributed by atoms with Gasteiger partial charge in [-0.05, 0) is 12.3 Å². The number of hydrogen-bond donors (Lipinski definition) is 1. The zero-order valence-corrected chi connectivity index (χ0v) is 6.10. The van der Waals surface area contributed by atoms with Gasteiger partial charge in [-0.1, -0.05) is 13.8 Å². The highest BCUT2D eigenvalue weighted by molar-refractivity contribution is 4.57. The van der Waals surface area contributed by atoms with Crippen molar-refractivity contribution in [2.45, 2.75) is 20.3 Å². The summed E-state index contributed by atoms with van der Waals surface area (Å²) in [6.45, 7) is 3.64. The van der Waals surface area contributed by atoms with Gasteiger partial charge in [-0.3, -0.25) is 4.39 Å². The Labute approximate surface area is 55.9 Å². The summed E-state index contributed by atoms with van der Waals surface area (Å²) in [4.78, 5) is 0. The highest BCUT2D eigenvalue weighted by Gasteiger charge is 2.07. The van der Waals surface area contributed by atoms with E-state index in [1.165, 1.54) is 0 Å². The molecule has 0 saturated carbocycles. The van der Waals surface area contributed by atoms with Gasteiger partial charge in [0.05, 0.1) is 6.67 Å². The summed E-state index contributed by atoms with van der Waals surface area (Å²) >= 11 is 0. The Morgan fingerprint density at radius 2 is 2.00 bits per heavy atom. The molecule has 9 heavy (non-hydrogen) atoms. The molecule has 56 valence electrons. The third-order valence-electron chi connectivity index (χ3n) is 1.28. The molecule has 2 heteroatoms. The lowest BCUT2D eigenvalue weighted by atomic mass is 9.99. The summed E-state index contributed by atoms with van der Waals surface area (Å²) in [5.41, 5.74) is 0. The first-order valence-electron chi connectivity index (χ1n) is 3.37. The molecular weight excluding hydrogens is 119 g/mol.